The van der Waals surface area contributed by atoms with Gasteiger partial charge in [-0.05, 0) is 14.0 Å². The van der Waals surface area contributed by atoms with Crippen molar-refractivity contribution in [2.45, 2.75) is 18.5 Å². The number of rotatable bonds is 0. The molecular formula is C5H12N2S. The molecule has 1 fully saturated rings. The maximum atomic E-state index is 4.26. The summed E-state index contributed by atoms with van der Waals surface area (Å²) in [5, 5.41) is 3.63. The summed E-state index contributed by atoms with van der Waals surface area (Å²) >= 11 is 4.26. The second-order valence-corrected chi connectivity index (χ2v) is 2.92. The number of hydrogen-bond donors (Lipinski definition) is 2. The lowest BCUT2D eigenvalue weighted by atomic mass is 10.6. The molecule has 2 unspecified atom stereocenters. The molecule has 1 N–H and O–H groups in total. The Labute approximate surface area is 55.7 Å². The van der Waals surface area contributed by atoms with E-state index in [1.807, 2.05) is 0 Å². The van der Waals surface area contributed by atoms with Crippen molar-refractivity contribution in [2.75, 3.05) is 13.6 Å². The molecule has 2 atom stereocenters. The van der Waals surface area contributed by atoms with Crippen molar-refractivity contribution < 1.29 is 0 Å². The minimum atomic E-state index is 0.370. The van der Waals surface area contributed by atoms with E-state index in [2.05, 4.69) is 36.8 Å². The molecule has 0 aliphatic carbocycles. The van der Waals surface area contributed by atoms with Crippen LogP contribution in [0.4, 0.5) is 0 Å². The lowest BCUT2D eigenvalue weighted by Crippen LogP contribution is -2.29. The minimum absolute atomic E-state index is 0.370. The predicted octanol–water partition coefficient (Wildman–Crippen LogP) is 0.123. The van der Waals surface area contributed by atoms with Gasteiger partial charge in [0.1, 0.15) is 0 Å². The van der Waals surface area contributed by atoms with E-state index in [1.165, 1.54) is 0 Å². The van der Waals surface area contributed by atoms with Crippen LogP contribution in [0.15, 0.2) is 0 Å². The molecule has 48 valence electrons. The zero-order valence-corrected chi connectivity index (χ0v) is 6.15. The van der Waals surface area contributed by atoms with Gasteiger partial charge >= 0.3 is 0 Å². The van der Waals surface area contributed by atoms with Gasteiger partial charge in [-0.1, -0.05) is 0 Å². The summed E-state index contributed by atoms with van der Waals surface area (Å²) in [6.07, 6.45) is 0.498. The Balaban J connectivity index is 2.39. The van der Waals surface area contributed by atoms with E-state index >= 15 is 0 Å². The summed E-state index contributed by atoms with van der Waals surface area (Å²) in [4.78, 5) is 2.23. The maximum Gasteiger partial charge on any atom is 0.0643 e. The standard InChI is InChI=1S/C5H12N2S/c1-4-6-5(8)3-7(4)2/h4-6,8H,3H2,1-2H3. The van der Waals surface area contributed by atoms with Crippen LogP contribution in [0.1, 0.15) is 6.92 Å². The summed E-state index contributed by atoms with van der Waals surface area (Å²) in [6.45, 7) is 3.18. The highest BCUT2D eigenvalue weighted by molar-refractivity contribution is 7.80. The highest BCUT2D eigenvalue weighted by Crippen LogP contribution is 2.06. The van der Waals surface area contributed by atoms with E-state index in [0.717, 1.165) is 6.54 Å². The largest absolute Gasteiger partial charge is 0.289 e. The number of nitrogens with zero attached hydrogens (tertiary/aromatic N) is 1. The van der Waals surface area contributed by atoms with Crippen molar-refractivity contribution >= 4 is 12.6 Å². The van der Waals surface area contributed by atoms with E-state index in [0.29, 0.717) is 11.5 Å². The van der Waals surface area contributed by atoms with E-state index < -0.39 is 0 Å². The number of likely N-dealkylation sites (N-methyl/N-ethyl adjacent to an activating group) is 1. The Bertz CT molecular complexity index is 76.5. The number of nitrogens with one attached hydrogen (secondary N) is 1. The molecule has 3 heteroatoms. The first-order valence-corrected chi connectivity index (χ1v) is 3.36. The van der Waals surface area contributed by atoms with Crippen LogP contribution in [0.25, 0.3) is 0 Å². The van der Waals surface area contributed by atoms with Crippen molar-refractivity contribution in [2.24, 2.45) is 0 Å². The Morgan fingerprint density at radius 3 is 2.50 bits per heavy atom. The highest BCUT2D eigenvalue weighted by atomic mass is 32.1. The molecule has 0 spiro atoms. The quantitative estimate of drug-likeness (QED) is 0.455. The summed E-state index contributed by atoms with van der Waals surface area (Å²) in [6, 6.07) is 0. The highest BCUT2D eigenvalue weighted by Gasteiger charge is 2.21. The van der Waals surface area contributed by atoms with Crippen LogP contribution < -0.4 is 5.32 Å². The summed E-state index contributed by atoms with van der Waals surface area (Å²) in [5.41, 5.74) is 0. The molecule has 1 aliphatic rings. The SMILES string of the molecule is CC1NC(S)CN1C. The monoisotopic (exact) mass is 132 g/mol. The second-order valence-electron chi connectivity index (χ2n) is 2.30. The van der Waals surface area contributed by atoms with Gasteiger partial charge in [0, 0.05) is 6.54 Å². The number of hydrogen-bond acceptors (Lipinski definition) is 3. The normalized spacial score (nSPS) is 40.9. The van der Waals surface area contributed by atoms with Crippen molar-refractivity contribution in [3.63, 3.8) is 0 Å². The van der Waals surface area contributed by atoms with Crippen LogP contribution in [-0.2, 0) is 0 Å². The first-order valence-electron chi connectivity index (χ1n) is 2.84. The molecule has 0 aromatic rings. The third-order valence-corrected chi connectivity index (χ3v) is 1.87. The Hall–Kier alpha value is 0.270. The van der Waals surface area contributed by atoms with Crippen LogP contribution in [0.3, 0.4) is 0 Å². The molecular weight excluding hydrogens is 120 g/mol. The summed E-state index contributed by atoms with van der Waals surface area (Å²) in [5.74, 6) is 0. The molecule has 0 saturated carbocycles. The summed E-state index contributed by atoms with van der Waals surface area (Å²) < 4.78 is 0. The van der Waals surface area contributed by atoms with Gasteiger partial charge < -0.3 is 0 Å². The zero-order chi connectivity index (χ0) is 6.15. The van der Waals surface area contributed by atoms with Crippen LogP contribution in [0, 0.1) is 0 Å². The fourth-order valence-electron chi connectivity index (χ4n) is 0.889. The Morgan fingerprint density at radius 2 is 2.38 bits per heavy atom. The average Bonchev–Trinajstić information content (AvgIpc) is 1.85. The van der Waals surface area contributed by atoms with E-state index in [-0.39, 0.29) is 0 Å². The van der Waals surface area contributed by atoms with Gasteiger partial charge in [-0.2, -0.15) is 12.6 Å². The Morgan fingerprint density at radius 1 is 1.75 bits per heavy atom. The van der Waals surface area contributed by atoms with Crippen LogP contribution >= 0.6 is 12.6 Å². The molecule has 2 nitrogen and oxygen atoms in total. The van der Waals surface area contributed by atoms with Gasteiger partial charge in [0.2, 0.25) is 0 Å². The summed E-state index contributed by atoms with van der Waals surface area (Å²) in [7, 11) is 2.09. The topological polar surface area (TPSA) is 15.3 Å². The predicted molar refractivity (Wildman–Crippen MR) is 38.0 cm³/mol. The Kier molecular flexibility index (Phi) is 1.80. The smallest absolute Gasteiger partial charge is 0.0643 e. The first kappa shape index (κ1) is 6.39. The molecule has 0 amide bonds. The van der Waals surface area contributed by atoms with Gasteiger partial charge in [-0.25, -0.2) is 0 Å². The van der Waals surface area contributed by atoms with Crippen molar-refractivity contribution in [1.29, 1.82) is 0 Å². The fraction of sp³-hybridized carbons (Fsp3) is 1.00. The van der Waals surface area contributed by atoms with Crippen LogP contribution in [0.5, 0.6) is 0 Å². The number of thiol groups is 1. The molecule has 8 heavy (non-hydrogen) atoms. The van der Waals surface area contributed by atoms with Gasteiger partial charge in [-0.15, -0.1) is 0 Å². The first-order chi connectivity index (χ1) is 3.70. The fourth-order valence-corrected chi connectivity index (χ4v) is 1.36. The molecule has 1 rings (SSSR count). The lowest BCUT2D eigenvalue weighted by Gasteiger charge is -2.11. The van der Waals surface area contributed by atoms with Crippen molar-refractivity contribution in [3.05, 3.63) is 0 Å². The third kappa shape index (κ3) is 1.16. The van der Waals surface area contributed by atoms with Gasteiger partial charge in [-0.3, -0.25) is 10.2 Å². The molecule has 1 saturated heterocycles. The molecule has 0 aromatic heterocycles. The maximum absolute atomic E-state index is 4.26. The molecule has 0 aromatic carbocycles. The van der Waals surface area contributed by atoms with E-state index in [4.69, 9.17) is 0 Å². The zero-order valence-electron chi connectivity index (χ0n) is 5.26. The van der Waals surface area contributed by atoms with Gasteiger partial charge in [0.25, 0.3) is 0 Å². The molecule has 0 bridgehead atoms. The van der Waals surface area contributed by atoms with Gasteiger partial charge in [0.05, 0.1) is 11.5 Å². The molecule has 1 aliphatic heterocycles. The molecule has 1 heterocycles. The molecule has 0 radical (unpaired) electrons. The average molecular weight is 132 g/mol. The van der Waals surface area contributed by atoms with E-state index in [1.54, 1.807) is 0 Å². The minimum Gasteiger partial charge on any atom is -0.289 e. The van der Waals surface area contributed by atoms with Crippen molar-refractivity contribution in [3.8, 4) is 0 Å². The van der Waals surface area contributed by atoms with E-state index in [9.17, 15) is 0 Å². The second kappa shape index (κ2) is 2.25. The lowest BCUT2D eigenvalue weighted by molar-refractivity contribution is 0.315. The van der Waals surface area contributed by atoms with Crippen LogP contribution in [-0.4, -0.2) is 30.0 Å². The third-order valence-electron chi connectivity index (χ3n) is 1.56. The van der Waals surface area contributed by atoms with Crippen LogP contribution in [0.2, 0.25) is 0 Å². The van der Waals surface area contributed by atoms with Gasteiger partial charge in [0.15, 0.2) is 0 Å². The van der Waals surface area contributed by atoms with Crippen molar-refractivity contribution in [1.82, 2.24) is 10.2 Å².